The summed E-state index contributed by atoms with van der Waals surface area (Å²) in [5.74, 6) is 1.77. The van der Waals surface area contributed by atoms with Crippen LogP contribution < -0.4 is 4.74 Å². The number of rotatable bonds is 5. The van der Waals surface area contributed by atoms with E-state index in [4.69, 9.17) is 9.72 Å². The van der Waals surface area contributed by atoms with Crippen LogP contribution >= 0.6 is 0 Å². The summed E-state index contributed by atoms with van der Waals surface area (Å²) in [7, 11) is 0. The van der Waals surface area contributed by atoms with Crippen molar-refractivity contribution in [2.75, 3.05) is 0 Å². The normalized spacial score (nSPS) is 12.6. The van der Waals surface area contributed by atoms with Crippen LogP contribution in [0.3, 0.4) is 0 Å². The average molecular weight is 683 g/mol. The Labute approximate surface area is 241 Å². The van der Waals surface area contributed by atoms with E-state index in [1.165, 1.54) is 22.3 Å². The van der Waals surface area contributed by atoms with Crippen molar-refractivity contribution in [2.24, 2.45) is 0 Å². The topological polar surface area (TPSA) is 47.9 Å². The van der Waals surface area contributed by atoms with Crippen molar-refractivity contribution in [3.8, 4) is 34.0 Å². The fraction of sp³-hybridized carbons (Fsp3) is 0.0294. The van der Waals surface area contributed by atoms with E-state index in [0.29, 0.717) is 17.3 Å². The fourth-order valence-electron chi connectivity index (χ4n) is 5.44. The molecule has 2 aromatic heterocycles. The van der Waals surface area contributed by atoms with Crippen LogP contribution in [0.1, 0.15) is 22.4 Å². The molecule has 0 spiro atoms. The second kappa shape index (κ2) is 10.4. The molecule has 7 rings (SSSR count). The maximum Gasteiger partial charge on any atom is 2.00 e. The fourth-order valence-corrected chi connectivity index (χ4v) is 5.44. The number of ether oxygens (including phenoxy) is 1. The summed E-state index contributed by atoms with van der Waals surface area (Å²) in [6, 6.07) is 43.7. The van der Waals surface area contributed by atoms with Gasteiger partial charge < -0.3 is 4.74 Å². The second-order valence-electron chi connectivity index (χ2n) is 9.09. The molecule has 1 aliphatic carbocycles. The van der Waals surface area contributed by atoms with Crippen molar-refractivity contribution >= 4 is 0 Å². The monoisotopic (exact) mass is 682 g/mol. The zero-order chi connectivity index (χ0) is 25.4. The number of benzene rings is 4. The van der Waals surface area contributed by atoms with Gasteiger partial charge in [-0.15, -0.1) is 41.5 Å². The SMILES string of the molecule is [Pt+2].[c-]1c(Oc2[c-]c(C3(c4ccccn4)c4ccccc4-c4ccccc43)ccc2)cccc1-c1ncccn1. The summed E-state index contributed by atoms with van der Waals surface area (Å²) in [6.45, 7) is 0. The van der Waals surface area contributed by atoms with Crippen LogP contribution in [0.5, 0.6) is 11.5 Å². The van der Waals surface area contributed by atoms with E-state index < -0.39 is 5.41 Å². The molecule has 6 aromatic rings. The minimum absolute atomic E-state index is 0. The Morgan fingerprint density at radius 2 is 1.15 bits per heavy atom. The quantitative estimate of drug-likeness (QED) is 0.179. The number of nitrogens with zero attached hydrogens (tertiary/aromatic N) is 3. The summed E-state index contributed by atoms with van der Waals surface area (Å²) in [5.41, 5.74) is 6.83. The molecule has 0 saturated carbocycles. The zero-order valence-corrected chi connectivity index (χ0v) is 23.0. The summed E-state index contributed by atoms with van der Waals surface area (Å²) < 4.78 is 6.31. The van der Waals surface area contributed by atoms with E-state index in [1.807, 2.05) is 48.7 Å². The largest absolute Gasteiger partial charge is 2.00 e. The van der Waals surface area contributed by atoms with Gasteiger partial charge in [-0.2, -0.15) is 12.1 Å². The first kappa shape index (κ1) is 24.9. The standard InChI is InChI=1S/C34H21N3O.Pt/c1-3-16-30-28(14-1)29-15-2-4-17-31(29)34(30,32-18-5-6-19-35-32)25-11-8-13-27(23-25)38-26-12-7-10-24(22-26)33-36-20-9-21-37-33;/h1-21H;/q-2;+2. The van der Waals surface area contributed by atoms with Crippen LogP contribution in [-0.2, 0) is 26.5 Å². The molecule has 0 N–H and O–H groups in total. The molecular weight excluding hydrogens is 661 g/mol. The van der Waals surface area contributed by atoms with Gasteiger partial charge in [0.15, 0.2) is 0 Å². The van der Waals surface area contributed by atoms with E-state index in [1.54, 1.807) is 18.5 Å². The van der Waals surface area contributed by atoms with Gasteiger partial charge in [-0.05, 0) is 40.5 Å². The van der Waals surface area contributed by atoms with Crippen LogP contribution in [0.4, 0.5) is 0 Å². The molecule has 4 aromatic carbocycles. The number of pyridine rings is 1. The van der Waals surface area contributed by atoms with Gasteiger partial charge in [-0.1, -0.05) is 60.7 Å². The zero-order valence-electron chi connectivity index (χ0n) is 20.7. The third-order valence-corrected chi connectivity index (χ3v) is 6.97. The van der Waals surface area contributed by atoms with Crippen LogP contribution in [0.15, 0.2) is 128 Å². The molecule has 0 unspecified atom stereocenters. The van der Waals surface area contributed by atoms with E-state index in [9.17, 15) is 0 Å². The molecule has 188 valence electrons. The van der Waals surface area contributed by atoms with Crippen molar-refractivity contribution in [3.05, 3.63) is 162 Å². The molecule has 0 saturated heterocycles. The molecule has 1 aliphatic rings. The Bertz CT molecular complexity index is 1710. The van der Waals surface area contributed by atoms with Crippen molar-refractivity contribution < 1.29 is 25.8 Å². The Balaban J connectivity index is 0.00000277. The molecule has 5 heteroatoms. The number of aromatic nitrogens is 3. The van der Waals surface area contributed by atoms with Crippen molar-refractivity contribution in [3.63, 3.8) is 0 Å². The Kier molecular flexibility index (Phi) is 6.64. The molecule has 0 bridgehead atoms. The predicted octanol–water partition coefficient (Wildman–Crippen LogP) is 7.29. The van der Waals surface area contributed by atoms with E-state index in [-0.39, 0.29) is 21.1 Å². The summed E-state index contributed by atoms with van der Waals surface area (Å²) in [6.07, 6.45) is 5.29. The molecule has 0 atom stereocenters. The van der Waals surface area contributed by atoms with Crippen LogP contribution in [0, 0.1) is 12.1 Å². The van der Waals surface area contributed by atoms with Crippen LogP contribution in [0.2, 0.25) is 0 Å². The summed E-state index contributed by atoms with van der Waals surface area (Å²) in [4.78, 5) is 13.6. The van der Waals surface area contributed by atoms with Gasteiger partial charge in [0.25, 0.3) is 0 Å². The van der Waals surface area contributed by atoms with E-state index >= 15 is 0 Å². The summed E-state index contributed by atoms with van der Waals surface area (Å²) >= 11 is 0. The molecule has 0 aliphatic heterocycles. The van der Waals surface area contributed by atoms with Gasteiger partial charge in [-0.25, -0.2) is 0 Å². The van der Waals surface area contributed by atoms with Crippen LogP contribution in [0.25, 0.3) is 22.5 Å². The summed E-state index contributed by atoms with van der Waals surface area (Å²) in [5, 5.41) is 0. The average Bonchev–Trinajstić information content (AvgIpc) is 3.30. The Hall–Kier alpha value is -4.40. The van der Waals surface area contributed by atoms with Gasteiger partial charge in [0.2, 0.25) is 0 Å². The smallest absolute Gasteiger partial charge is 0.503 e. The number of fused-ring (bicyclic) bond motifs is 3. The van der Waals surface area contributed by atoms with Gasteiger partial charge >= 0.3 is 21.1 Å². The predicted molar refractivity (Wildman–Crippen MR) is 147 cm³/mol. The Morgan fingerprint density at radius 3 is 1.85 bits per heavy atom. The molecule has 0 amide bonds. The first-order valence-electron chi connectivity index (χ1n) is 12.5. The molecule has 39 heavy (non-hydrogen) atoms. The van der Waals surface area contributed by atoms with E-state index in [0.717, 1.165) is 16.8 Å². The maximum absolute atomic E-state index is 6.31. The van der Waals surface area contributed by atoms with Crippen LogP contribution in [-0.4, -0.2) is 15.0 Å². The molecule has 4 nitrogen and oxygen atoms in total. The minimum Gasteiger partial charge on any atom is -0.503 e. The maximum atomic E-state index is 6.31. The van der Waals surface area contributed by atoms with Gasteiger partial charge in [-0.3, -0.25) is 15.0 Å². The van der Waals surface area contributed by atoms with Crippen molar-refractivity contribution in [2.45, 2.75) is 5.41 Å². The van der Waals surface area contributed by atoms with Crippen molar-refractivity contribution in [1.82, 2.24) is 15.0 Å². The third-order valence-electron chi connectivity index (χ3n) is 6.97. The molecule has 2 heterocycles. The molecule has 0 radical (unpaired) electrons. The third kappa shape index (κ3) is 4.18. The number of hydrogen-bond acceptors (Lipinski definition) is 4. The molecular formula is C34H21N3OPt. The number of hydrogen-bond donors (Lipinski definition) is 0. The van der Waals surface area contributed by atoms with E-state index in [2.05, 4.69) is 82.8 Å². The van der Waals surface area contributed by atoms with Gasteiger partial charge in [0, 0.05) is 30.1 Å². The Morgan fingerprint density at radius 1 is 0.538 bits per heavy atom. The minimum atomic E-state index is -0.628. The van der Waals surface area contributed by atoms with Crippen molar-refractivity contribution in [1.29, 1.82) is 0 Å². The first-order valence-corrected chi connectivity index (χ1v) is 12.5. The van der Waals surface area contributed by atoms with Gasteiger partial charge in [0.1, 0.15) is 0 Å². The second-order valence-corrected chi connectivity index (χ2v) is 9.09. The first-order chi connectivity index (χ1) is 18.8. The molecule has 0 fully saturated rings. The van der Waals surface area contributed by atoms with Gasteiger partial charge in [0.05, 0.1) is 16.9 Å².